The van der Waals surface area contributed by atoms with E-state index in [-0.39, 0.29) is 0 Å². The Labute approximate surface area is 204 Å². The molecule has 0 atom stereocenters. The van der Waals surface area contributed by atoms with Gasteiger partial charge in [-0.05, 0) is 45.5 Å². The highest BCUT2D eigenvalue weighted by Gasteiger charge is 2.26. The zero-order valence-electron chi connectivity index (χ0n) is 19.5. The van der Waals surface area contributed by atoms with Gasteiger partial charge >= 0.3 is 0 Å². The zero-order valence-corrected chi connectivity index (χ0v) is 20.3. The monoisotopic (exact) mass is 471 g/mol. The van der Waals surface area contributed by atoms with Gasteiger partial charge in [0.1, 0.15) is 5.65 Å². The van der Waals surface area contributed by atoms with Gasteiger partial charge in [0.05, 0.1) is 28.5 Å². The van der Waals surface area contributed by atoms with E-state index in [9.17, 15) is 0 Å². The number of hydrogen-bond acceptors (Lipinski definition) is 5. The van der Waals surface area contributed by atoms with Crippen LogP contribution in [-0.2, 0) is 0 Å². The van der Waals surface area contributed by atoms with E-state index in [1.54, 1.807) is 0 Å². The summed E-state index contributed by atoms with van der Waals surface area (Å²) in [7, 11) is 4.29. The van der Waals surface area contributed by atoms with Crippen molar-refractivity contribution in [3.05, 3.63) is 71.1 Å². The second-order valence-corrected chi connectivity index (χ2v) is 9.30. The third-order valence-corrected chi connectivity index (χ3v) is 6.97. The minimum Gasteiger partial charge on any atom is -0.342 e. The van der Waals surface area contributed by atoms with E-state index in [4.69, 9.17) is 28.1 Å². The molecule has 8 heteroatoms. The van der Waals surface area contributed by atoms with Crippen molar-refractivity contribution < 1.29 is 0 Å². The third-order valence-electron chi connectivity index (χ3n) is 6.59. The largest absolute Gasteiger partial charge is 0.342 e. The summed E-state index contributed by atoms with van der Waals surface area (Å²) in [5.41, 5.74) is 5.66. The van der Waals surface area contributed by atoms with Gasteiger partial charge in [-0.2, -0.15) is 0 Å². The molecular weight excluding hydrogens is 446 g/mol. The van der Waals surface area contributed by atoms with Gasteiger partial charge < -0.3 is 9.80 Å². The van der Waals surface area contributed by atoms with Crippen LogP contribution < -0.4 is 4.90 Å². The molecule has 1 fully saturated rings. The van der Waals surface area contributed by atoms with E-state index < -0.39 is 0 Å². The van der Waals surface area contributed by atoms with E-state index in [1.807, 2.05) is 55.8 Å². The molecule has 4 aromatic rings. The lowest BCUT2D eigenvalue weighted by Crippen LogP contribution is -2.43. The first kappa shape index (κ1) is 22.3. The Bertz CT molecular complexity index is 1380. The number of aryl methyl sites for hydroxylation is 1. The molecule has 0 aliphatic carbocycles. The molecule has 0 unspecified atom stereocenters. The van der Waals surface area contributed by atoms with Gasteiger partial charge in [0.2, 0.25) is 5.95 Å². The summed E-state index contributed by atoms with van der Waals surface area (Å²) in [6.07, 6.45) is 7.77. The summed E-state index contributed by atoms with van der Waals surface area (Å²) in [6.45, 7) is 11.0. The van der Waals surface area contributed by atoms with Crippen molar-refractivity contribution >= 4 is 28.9 Å². The summed E-state index contributed by atoms with van der Waals surface area (Å²) >= 11 is 6.46. The Morgan fingerprint density at radius 3 is 2.47 bits per heavy atom. The number of nitrogens with zero attached hydrogens (tertiary/aromatic N) is 7. The van der Waals surface area contributed by atoms with Crippen LogP contribution in [-0.4, -0.2) is 57.5 Å². The fourth-order valence-corrected chi connectivity index (χ4v) is 4.75. The summed E-state index contributed by atoms with van der Waals surface area (Å²) in [6, 6.07) is 10.1. The van der Waals surface area contributed by atoms with Crippen molar-refractivity contribution in [1.29, 1.82) is 0 Å². The summed E-state index contributed by atoms with van der Waals surface area (Å²) in [5, 5.41) is 0.603. The van der Waals surface area contributed by atoms with Gasteiger partial charge in [-0.1, -0.05) is 35.9 Å². The van der Waals surface area contributed by atoms with Crippen LogP contribution in [0, 0.1) is 13.5 Å². The quantitative estimate of drug-likeness (QED) is 0.368. The number of rotatable bonds is 4. The maximum Gasteiger partial charge on any atom is 0.211 e. The summed E-state index contributed by atoms with van der Waals surface area (Å²) < 4.78 is 2.07. The molecule has 4 heterocycles. The van der Waals surface area contributed by atoms with Crippen molar-refractivity contribution in [3.8, 4) is 22.4 Å². The molecular formula is C26H26ClN7. The fourth-order valence-electron chi connectivity index (χ4n) is 4.58. The standard InChI is InChI=1S/C26H26ClN7/c1-17-22(27)15-19(16-30-17)23-24(18-5-7-20(28-2)8-6-18)31-26(34-14-11-29-25(23)34)33-12-9-21(10-13-33)32(3)4/h5-8,11,14-16,21H,9-10,12-13H2,1,3-4H3. The average Bonchev–Trinajstić information content (AvgIpc) is 3.35. The molecule has 172 valence electrons. The molecule has 0 radical (unpaired) electrons. The molecule has 5 rings (SSSR count). The van der Waals surface area contributed by atoms with Crippen molar-refractivity contribution in [1.82, 2.24) is 24.3 Å². The van der Waals surface area contributed by atoms with Gasteiger partial charge in [-0.25, -0.2) is 14.8 Å². The van der Waals surface area contributed by atoms with Crippen molar-refractivity contribution in [2.24, 2.45) is 0 Å². The van der Waals surface area contributed by atoms with Crippen LogP contribution in [0.4, 0.5) is 11.6 Å². The Balaban J connectivity index is 1.70. The van der Waals surface area contributed by atoms with Crippen molar-refractivity contribution in [2.75, 3.05) is 32.1 Å². The van der Waals surface area contributed by atoms with E-state index >= 15 is 0 Å². The lowest BCUT2D eigenvalue weighted by atomic mass is 10.0. The number of imidazole rings is 1. The first-order valence-corrected chi connectivity index (χ1v) is 11.7. The minimum atomic E-state index is 0.579. The molecule has 0 amide bonds. The second kappa shape index (κ2) is 9.05. The van der Waals surface area contributed by atoms with E-state index in [0.29, 0.717) is 16.8 Å². The topological polar surface area (TPSA) is 53.9 Å². The number of halogens is 1. The molecule has 3 aromatic heterocycles. The van der Waals surface area contributed by atoms with Crippen LogP contribution in [0.2, 0.25) is 5.02 Å². The van der Waals surface area contributed by atoms with Gasteiger partial charge in [-0.15, -0.1) is 0 Å². The number of fused-ring (bicyclic) bond motifs is 1. The minimum absolute atomic E-state index is 0.579. The normalized spacial score (nSPS) is 14.6. The molecule has 1 aliphatic heterocycles. The Hall–Kier alpha value is -3.47. The van der Waals surface area contributed by atoms with Gasteiger partial charge in [-0.3, -0.25) is 9.38 Å². The highest BCUT2D eigenvalue weighted by Crippen LogP contribution is 2.38. The van der Waals surface area contributed by atoms with Crippen LogP contribution in [0.5, 0.6) is 0 Å². The highest BCUT2D eigenvalue weighted by atomic mass is 35.5. The third kappa shape index (κ3) is 4.00. The molecule has 34 heavy (non-hydrogen) atoms. The molecule has 1 aromatic carbocycles. The summed E-state index contributed by atoms with van der Waals surface area (Å²) in [4.78, 5) is 22.6. The average molecular weight is 472 g/mol. The van der Waals surface area contributed by atoms with E-state index in [2.05, 4.69) is 38.1 Å². The van der Waals surface area contributed by atoms with Crippen molar-refractivity contribution in [3.63, 3.8) is 0 Å². The Kier molecular flexibility index (Phi) is 5.94. The molecule has 7 nitrogen and oxygen atoms in total. The molecule has 0 bridgehead atoms. The molecule has 0 saturated carbocycles. The molecule has 0 N–H and O–H groups in total. The smallest absolute Gasteiger partial charge is 0.211 e. The predicted octanol–water partition coefficient (Wildman–Crippen LogP) is 5.50. The molecule has 1 saturated heterocycles. The van der Waals surface area contributed by atoms with Gasteiger partial charge in [0.15, 0.2) is 5.69 Å². The van der Waals surface area contributed by atoms with Crippen LogP contribution in [0.1, 0.15) is 18.5 Å². The summed E-state index contributed by atoms with van der Waals surface area (Å²) in [5.74, 6) is 0.879. The Morgan fingerprint density at radius 1 is 1.09 bits per heavy atom. The van der Waals surface area contributed by atoms with Crippen LogP contribution in [0.15, 0.2) is 48.9 Å². The predicted molar refractivity (Wildman–Crippen MR) is 137 cm³/mol. The number of aromatic nitrogens is 4. The number of benzene rings is 1. The number of hydrogen-bond donors (Lipinski definition) is 0. The van der Waals surface area contributed by atoms with E-state index in [1.165, 1.54) is 0 Å². The lowest BCUT2D eigenvalue weighted by molar-refractivity contribution is 0.249. The van der Waals surface area contributed by atoms with Gasteiger partial charge in [0.25, 0.3) is 0 Å². The molecule has 0 spiro atoms. The van der Waals surface area contributed by atoms with E-state index in [0.717, 1.165) is 65.6 Å². The number of piperidine rings is 1. The molecule has 1 aliphatic rings. The maximum atomic E-state index is 7.30. The Morgan fingerprint density at radius 2 is 1.82 bits per heavy atom. The lowest BCUT2D eigenvalue weighted by Gasteiger charge is -2.36. The fraction of sp³-hybridized carbons (Fsp3) is 0.308. The SMILES string of the molecule is [C-]#[N+]c1ccc(-c2nc(N3CCC(N(C)C)CC3)n3ccnc3c2-c2cnc(C)c(Cl)c2)cc1. The maximum absolute atomic E-state index is 7.30. The second-order valence-electron chi connectivity index (χ2n) is 8.89. The van der Waals surface area contributed by atoms with Crippen LogP contribution in [0.3, 0.4) is 0 Å². The van der Waals surface area contributed by atoms with Gasteiger partial charge in [0, 0.05) is 43.3 Å². The first-order valence-electron chi connectivity index (χ1n) is 11.3. The number of pyridine rings is 1. The van der Waals surface area contributed by atoms with Crippen LogP contribution in [0.25, 0.3) is 32.9 Å². The number of anilines is 1. The van der Waals surface area contributed by atoms with Crippen molar-refractivity contribution in [2.45, 2.75) is 25.8 Å². The zero-order chi connectivity index (χ0) is 23.8. The van der Waals surface area contributed by atoms with Crippen LogP contribution >= 0.6 is 11.6 Å². The highest BCUT2D eigenvalue weighted by molar-refractivity contribution is 6.31. The first-order chi connectivity index (χ1) is 16.5.